The molecule has 17 heavy (non-hydrogen) atoms. The SMILES string of the molecule is O=Cc1ccc(C2CCNc3ccccc32)s1. The summed E-state index contributed by atoms with van der Waals surface area (Å²) in [6, 6.07) is 12.4. The zero-order valence-corrected chi connectivity index (χ0v) is 10.2. The van der Waals surface area contributed by atoms with Gasteiger partial charge >= 0.3 is 0 Å². The molecular weight excluding hydrogens is 230 g/mol. The first-order valence-corrected chi connectivity index (χ1v) is 6.58. The summed E-state index contributed by atoms with van der Waals surface area (Å²) in [6.07, 6.45) is 2.02. The Hall–Kier alpha value is -1.61. The van der Waals surface area contributed by atoms with E-state index in [2.05, 4.69) is 35.6 Å². The molecule has 0 saturated carbocycles. The lowest BCUT2D eigenvalue weighted by Crippen LogP contribution is -2.16. The molecule has 2 heterocycles. The van der Waals surface area contributed by atoms with Crippen LogP contribution in [0.25, 0.3) is 0 Å². The van der Waals surface area contributed by atoms with Crippen LogP contribution in [0.5, 0.6) is 0 Å². The van der Waals surface area contributed by atoms with Gasteiger partial charge in [-0.15, -0.1) is 11.3 Å². The van der Waals surface area contributed by atoms with E-state index in [1.807, 2.05) is 6.07 Å². The van der Waals surface area contributed by atoms with E-state index in [4.69, 9.17) is 0 Å². The van der Waals surface area contributed by atoms with Gasteiger partial charge in [-0.2, -0.15) is 0 Å². The number of fused-ring (bicyclic) bond motifs is 1. The van der Waals surface area contributed by atoms with E-state index in [0.29, 0.717) is 5.92 Å². The fraction of sp³-hybridized carbons (Fsp3) is 0.214. The lowest BCUT2D eigenvalue weighted by atomic mass is 9.90. The number of hydrogen-bond donors (Lipinski definition) is 1. The van der Waals surface area contributed by atoms with Gasteiger partial charge in [0, 0.05) is 23.0 Å². The number of carbonyl (C=O) groups is 1. The van der Waals surface area contributed by atoms with E-state index in [9.17, 15) is 4.79 Å². The van der Waals surface area contributed by atoms with Gasteiger partial charge in [0.15, 0.2) is 6.29 Å². The molecule has 0 spiro atoms. The highest BCUT2D eigenvalue weighted by molar-refractivity contribution is 7.13. The molecule has 0 amide bonds. The average Bonchev–Trinajstić information content (AvgIpc) is 2.87. The van der Waals surface area contributed by atoms with Crippen LogP contribution in [0.3, 0.4) is 0 Å². The molecule has 0 aliphatic carbocycles. The zero-order chi connectivity index (χ0) is 11.7. The van der Waals surface area contributed by atoms with Crippen molar-refractivity contribution in [1.82, 2.24) is 0 Å². The highest BCUT2D eigenvalue weighted by Gasteiger charge is 2.22. The Morgan fingerprint density at radius 2 is 2.12 bits per heavy atom. The molecule has 2 nitrogen and oxygen atoms in total. The third-order valence-corrected chi connectivity index (χ3v) is 4.32. The Morgan fingerprint density at radius 1 is 1.24 bits per heavy atom. The fourth-order valence-electron chi connectivity index (χ4n) is 2.38. The van der Waals surface area contributed by atoms with Gasteiger partial charge in [0.2, 0.25) is 0 Å². The highest BCUT2D eigenvalue weighted by Crippen LogP contribution is 2.38. The maximum atomic E-state index is 10.7. The predicted molar refractivity (Wildman–Crippen MR) is 71.1 cm³/mol. The number of benzene rings is 1. The third-order valence-electron chi connectivity index (χ3n) is 3.19. The minimum atomic E-state index is 0.436. The molecule has 2 aromatic rings. The molecule has 1 N–H and O–H groups in total. The van der Waals surface area contributed by atoms with Crippen LogP contribution in [0.2, 0.25) is 0 Å². The summed E-state index contributed by atoms with van der Waals surface area (Å²) in [5, 5.41) is 3.42. The van der Waals surface area contributed by atoms with Crippen LogP contribution >= 0.6 is 11.3 Å². The molecule has 1 atom stereocenters. The molecular formula is C14H13NOS. The van der Waals surface area contributed by atoms with Gasteiger partial charge < -0.3 is 5.32 Å². The van der Waals surface area contributed by atoms with Gasteiger partial charge in [-0.25, -0.2) is 0 Å². The van der Waals surface area contributed by atoms with E-state index in [1.54, 1.807) is 11.3 Å². The van der Waals surface area contributed by atoms with Crippen LogP contribution in [-0.4, -0.2) is 12.8 Å². The smallest absolute Gasteiger partial charge is 0.160 e. The number of thiophene rings is 1. The molecule has 1 aliphatic heterocycles. The Bertz CT molecular complexity index is 547. The molecule has 1 aromatic heterocycles. The lowest BCUT2D eigenvalue weighted by Gasteiger charge is -2.25. The monoisotopic (exact) mass is 243 g/mol. The maximum absolute atomic E-state index is 10.7. The molecule has 3 rings (SSSR count). The summed E-state index contributed by atoms with van der Waals surface area (Å²) in [5.41, 5.74) is 2.57. The van der Waals surface area contributed by atoms with Crippen LogP contribution in [-0.2, 0) is 0 Å². The third kappa shape index (κ3) is 1.87. The second-order valence-electron chi connectivity index (χ2n) is 4.21. The quantitative estimate of drug-likeness (QED) is 0.818. The zero-order valence-electron chi connectivity index (χ0n) is 9.35. The predicted octanol–water partition coefficient (Wildman–Crippen LogP) is 3.51. The molecule has 0 radical (unpaired) electrons. The van der Waals surface area contributed by atoms with Gasteiger partial charge in [0.1, 0.15) is 0 Å². The Balaban J connectivity index is 2.02. The highest BCUT2D eigenvalue weighted by atomic mass is 32.1. The molecule has 0 bridgehead atoms. The molecule has 0 saturated heterocycles. The standard InChI is InChI=1S/C14H13NOS/c16-9-10-5-6-14(17-10)12-7-8-15-13-4-2-1-3-11(12)13/h1-6,9,12,15H,7-8H2. The van der Waals surface area contributed by atoms with E-state index in [-0.39, 0.29) is 0 Å². The molecule has 86 valence electrons. The molecule has 1 aromatic carbocycles. The second-order valence-corrected chi connectivity index (χ2v) is 5.36. The van der Waals surface area contributed by atoms with Crippen molar-refractivity contribution in [2.75, 3.05) is 11.9 Å². The maximum Gasteiger partial charge on any atom is 0.160 e. The number of aldehydes is 1. The molecule has 1 unspecified atom stereocenters. The number of anilines is 1. The van der Waals surface area contributed by atoms with Crippen LogP contribution < -0.4 is 5.32 Å². The summed E-state index contributed by atoms with van der Waals surface area (Å²) < 4.78 is 0. The van der Waals surface area contributed by atoms with Crippen LogP contribution in [0, 0.1) is 0 Å². The van der Waals surface area contributed by atoms with E-state index < -0.39 is 0 Å². The number of nitrogens with one attached hydrogen (secondary N) is 1. The minimum Gasteiger partial charge on any atom is -0.385 e. The lowest BCUT2D eigenvalue weighted by molar-refractivity contribution is 0.112. The average molecular weight is 243 g/mol. The number of hydrogen-bond acceptors (Lipinski definition) is 3. The summed E-state index contributed by atoms with van der Waals surface area (Å²) in [4.78, 5) is 12.9. The fourth-order valence-corrected chi connectivity index (χ4v) is 3.36. The van der Waals surface area contributed by atoms with Crippen molar-refractivity contribution in [2.24, 2.45) is 0 Å². The minimum absolute atomic E-state index is 0.436. The van der Waals surface area contributed by atoms with Gasteiger partial charge in [-0.3, -0.25) is 4.79 Å². The van der Waals surface area contributed by atoms with Crippen molar-refractivity contribution in [3.63, 3.8) is 0 Å². The summed E-state index contributed by atoms with van der Waals surface area (Å²) in [7, 11) is 0. The van der Waals surface area contributed by atoms with Gasteiger partial charge in [0.05, 0.1) is 4.88 Å². The van der Waals surface area contributed by atoms with Crippen molar-refractivity contribution in [2.45, 2.75) is 12.3 Å². The van der Waals surface area contributed by atoms with Crippen molar-refractivity contribution in [1.29, 1.82) is 0 Å². The summed E-state index contributed by atoms with van der Waals surface area (Å²) >= 11 is 1.61. The number of rotatable bonds is 2. The summed E-state index contributed by atoms with van der Waals surface area (Å²) in [6.45, 7) is 0.996. The molecule has 1 aliphatic rings. The van der Waals surface area contributed by atoms with Crippen molar-refractivity contribution in [3.8, 4) is 0 Å². The largest absolute Gasteiger partial charge is 0.385 e. The van der Waals surface area contributed by atoms with E-state index in [0.717, 1.165) is 24.1 Å². The van der Waals surface area contributed by atoms with E-state index in [1.165, 1.54) is 16.1 Å². The first kappa shape index (κ1) is 10.5. The first-order chi connectivity index (χ1) is 8.38. The van der Waals surface area contributed by atoms with E-state index >= 15 is 0 Å². The molecule has 0 fully saturated rings. The first-order valence-electron chi connectivity index (χ1n) is 5.76. The van der Waals surface area contributed by atoms with Crippen molar-refractivity contribution in [3.05, 3.63) is 51.7 Å². The van der Waals surface area contributed by atoms with Gasteiger partial charge in [0.25, 0.3) is 0 Å². The van der Waals surface area contributed by atoms with Gasteiger partial charge in [-0.05, 0) is 30.2 Å². The summed E-state index contributed by atoms with van der Waals surface area (Å²) in [5.74, 6) is 0.436. The van der Waals surface area contributed by atoms with Crippen molar-refractivity contribution < 1.29 is 4.79 Å². The number of para-hydroxylation sites is 1. The second kappa shape index (κ2) is 4.34. The van der Waals surface area contributed by atoms with Gasteiger partial charge in [-0.1, -0.05) is 18.2 Å². The van der Waals surface area contributed by atoms with Crippen molar-refractivity contribution >= 4 is 23.3 Å². The Kier molecular flexibility index (Phi) is 2.69. The topological polar surface area (TPSA) is 29.1 Å². The van der Waals surface area contributed by atoms with Crippen LogP contribution in [0.1, 0.15) is 32.5 Å². The number of carbonyl (C=O) groups excluding carboxylic acids is 1. The van der Waals surface area contributed by atoms with Crippen LogP contribution in [0.4, 0.5) is 5.69 Å². The Labute approximate surface area is 104 Å². The molecule has 3 heteroatoms. The normalized spacial score (nSPS) is 18.2. The Morgan fingerprint density at radius 3 is 2.94 bits per heavy atom. The van der Waals surface area contributed by atoms with Crippen LogP contribution in [0.15, 0.2) is 36.4 Å².